The second-order valence-corrected chi connectivity index (χ2v) is 8.05. The molecule has 1 amide bonds. The molecule has 8 heteroatoms. The fourth-order valence-corrected chi connectivity index (χ4v) is 4.46. The number of ether oxygens (including phenoxy) is 1. The molecule has 2 aliphatic heterocycles. The van der Waals surface area contributed by atoms with Crippen molar-refractivity contribution in [2.75, 3.05) is 24.7 Å². The first kappa shape index (κ1) is 21.4. The van der Waals surface area contributed by atoms with Crippen LogP contribution in [0.4, 0.5) is 18.9 Å². The van der Waals surface area contributed by atoms with Gasteiger partial charge in [0.25, 0.3) is 0 Å². The molecular formula is C23H23F3N2O3. The number of fused-ring (bicyclic) bond motifs is 2. The molecule has 0 unspecified atom stereocenters. The van der Waals surface area contributed by atoms with E-state index < -0.39 is 23.1 Å². The zero-order chi connectivity index (χ0) is 22.2. The average Bonchev–Trinajstić information content (AvgIpc) is 2.94. The second-order valence-electron chi connectivity index (χ2n) is 8.05. The van der Waals surface area contributed by atoms with Crippen LogP contribution >= 0.6 is 0 Å². The Bertz CT molecular complexity index is 996. The standard InChI is InChI=1S/C23H23F3N2O3/c1-15(29)31-14-28-20-7-4-17(12-16-2-5-18(6-3-16)23(24,25)26)13-19(20)22(21(28)30)8-10-27-11-9-22/h2-7,13,27H,8-12,14H2,1H3. The fourth-order valence-electron chi connectivity index (χ4n) is 4.46. The molecule has 0 radical (unpaired) electrons. The highest BCUT2D eigenvalue weighted by molar-refractivity contribution is 6.08. The third-order valence-corrected chi connectivity index (χ3v) is 6.07. The first-order valence-corrected chi connectivity index (χ1v) is 10.2. The SMILES string of the molecule is CC(=O)OCN1C(=O)C2(CCNCC2)c2cc(Cc3ccc(C(F)(F)F)cc3)ccc21. The van der Waals surface area contributed by atoms with Gasteiger partial charge >= 0.3 is 12.1 Å². The molecule has 0 atom stereocenters. The minimum atomic E-state index is -4.36. The molecule has 4 rings (SSSR count). The molecular weight excluding hydrogens is 409 g/mol. The van der Waals surface area contributed by atoms with E-state index in [0.717, 1.165) is 34.5 Å². The molecule has 0 aliphatic carbocycles. The van der Waals surface area contributed by atoms with E-state index in [4.69, 9.17) is 4.74 Å². The van der Waals surface area contributed by atoms with Gasteiger partial charge in [0.2, 0.25) is 5.91 Å². The molecule has 1 saturated heterocycles. The van der Waals surface area contributed by atoms with Crippen molar-refractivity contribution in [3.63, 3.8) is 0 Å². The van der Waals surface area contributed by atoms with Crippen molar-refractivity contribution in [3.05, 3.63) is 64.7 Å². The van der Waals surface area contributed by atoms with Gasteiger partial charge in [0.15, 0.2) is 6.73 Å². The average molecular weight is 432 g/mol. The summed E-state index contributed by atoms with van der Waals surface area (Å²) in [6.07, 6.45) is -2.63. The monoisotopic (exact) mass is 432 g/mol. The maximum Gasteiger partial charge on any atom is 0.416 e. The minimum absolute atomic E-state index is 0.0723. The second kappa shape index (κ2) is 8.00. The van der Waals surface area contributed by atoms with Crippen LogP contribution in [0.15, 0.2) is 42.5 Å². The Labute approximate surface area is 178 Å². The number of anilines is 1. The minimum Gasteiger partial charge on any atom is -0.444 e. The molecule has 1 spiro atoms. The Morgan fingerprint density at radius 1 is 1.10 bits per heavy atom. The smallest absolute Gasteiger partial charge is 0.416 e. The van der Waals surface area contributed by atoms with E-state index in [-0.39, 0.29) is 12.6 Å². The number of esters is 1. The van der Waals surface area contributed by atoms with Crippen LogP contribution in [-0.2, 0) is 32.3 Å². The normalized spacial score (nSPS) is 17.7. The van der Waals surface area contributed by atoms with Crippen LogP contribution in [0.25, 0.3) is 0 Å². The molecule has 2 heterocycles. The molecule has 2 aromatic carbocycles. The summed E-state index contributed by atoms with van der Waals surface area (Å²) in [4.78, 5) is 26.2. The number of nitrogens with one attached hydrogen (secondary N) is 1. The summed E-state index contributed by atoms with van der Waals surface area (Å²) in [5, 5.41) is 3.28. The van der Waals surface area contributed by atoms with Crippen LogP contribution < -0.4 is 10.2 Å². The summed E-state index contributed by atoms with van der Waals surface area (Å²) >= 11 is 0. The Kier molecular flexibility index (Phi) is 5.51. The highest BCUT2D eigenvalue weighted by Gasteiger charge is 2.51. The van der Waals surface area contributed by atoms with Crippen LogP contribution in [0.3, 0.4) is 0 Å². The van der Waals surface area contributed by atoms with Crippen molar-refractivity contribution in [1.82, 2.24) is 5.32 Å². The van der Waals surface area contributed by atoms with Gasteiger partial charge in [0.05, 0.1) is 16.7 Å². The van der Waals surface area contributed by atoms with E-state index in [2.05, 4.69) is 5.32 Å². The van der Waals surface area contributed by atoms with E-state index in [1.54, 1.807) is 0 Å². The first-order chi connectivity index (χ1) is 14.7. The predicted octanol–water partition coefficient (Wildman–Crippen LogP) is 3.78. The maximum atomic E-state index is 13.4. The molecule has 5 nitrogen and oxygen atoms in total. The van der Waals surface area contributed by atoms with E-state index in [0.29, 0.717) is 32.4 Å². The van der Waals surface area contributed by atoms with Gasteiger partial charge in [-0.15, -0.1) is 0 Å². The van der Waals surface area contributed by atoms with E-state index in [1.807, 2.05) is 18.2 Å². The lowest BCUT2D eigenvalue weighted by atomic mass is 9.73. The summed E-state index contributed by atoms with van der Waals surface area (Å²) in [6.45, 7) is 2.58. The summed E-state index contributed by atoms with van der Waals surface area (Å²) in [6, 6.07) is 10.8. The van der Waals surface area contributed by atoms with Gasteiger partial charge in [0.1, 0.15) is 0 Å². The summed E-state index contributed by atoms with van der Waals surface area (Å²) in [5.74, 6) is -0.531. The topological polar surface area (TPSA) is 58.6 Å². The highest BCUT2D eigenvalue weighted by atomic mass is 19.4. The Balaban J connectivity index is 1.65. The number of alkyl halides is 3. The Morgan fingerprint density at radius 2 is 1.74 bits per heavy atom. The van der Waals surface area contributed by atoms with E-state index in [9.17, 15) is 22.8 Å². The largest absolute Gasteiger partial charge is 0.444 e. The summed E-state index contributed by atoms with van der Waals surface area (Å²) in [5.41, 5.74) is 1.95. The van der Waals surface area contributed by atoms with Gasteiger partial charge in [-0.3, -0.25) is 14.5 Å². The predicted molar refractivity (Wildman–Crippen MR) is 109 cm³/mol. The Morgan fingerprint density at radius 3 is 2.35 bits per heavy atom. The van der Waals surface area contributed by atoms with Crippen LogP contribution in [0.5, 0.6) is 0 Å². The van der Waals surface area contributed by atoms with Crippen molar-refractivity contribution in [2.45, 2.75) is 37.8 Å². The number of carbonyl (C=O) groups is 2. The lowest BCUT2D eigenvalue weighted by Crippen LogP contribution is -2.47. The summed E-state index contributed by atoms with van der Waals surface area (Å²) < 4.78 is 43.5. The number of rotatable bonds is 4. The van der Waals surface area contributed by atoms with Crippen molar-refractivity contribution in [3.8, 4) is 0 Å². The zero-order valence-electron chi connectivity index (χ0n) is 17.1. The Hall–Kier alpha value is -2.87. The van der Waals surface area contributed by atoms with Gasteiger partial charge in [0, 0.05) is 6.92 Å². The molecule has 0 bridgehead atoms. The van der Waals surface area contributed by atoms with Crippen molar-refractivity contribution < 1.29 is 27.5 Å². The highest BCUT2D eigenvalue weighted by Crippen LogP contribution is 2.47. The van der Waals surface area contributed by atoms with Gasteiger partial charge in [-0.25, -0.2) is 0 Å². The van der Waals surface area contributed by atoms with E-state index in [1.165, 1.54) is 24.0 Å². The number of hydrogen-bond donors (Lipinski definition) is 1. The zero-order valence-corrected chi connectivity index (χ0v) is 17.1. The molecule has 31 heavy (non-hydrogen) atoms. The lowest BCUT2D eigenvalue weighted by Gasteiger charge is -2.33. The number of benzene rings is 2. The van der Waals surface area contributed by atoms with Crippen LogP contribution in [0.1, 0.15) is 42.0 Å². The van der Waals surface area contributed by atoms with Crippen LogP contribution in [0.2, 0.25) is 0 Å². The van der Waals surface area contributed by atoms with E-state index >= 15 is 0 Å². The first-order valence-electron chi connectivity index (χ1n) is 10.2. The van der Waals surface area contributed by atoms with Gasteiger partial charge < -0.3 is 10.1 Å². The number of nitrogens with zero attached hydrogens (tertiary/aromatic N) is 1. The molecule has 0 saturated carbocycles. The van der Waals surface area contributed by atoms with Crippen LogP contribution in [0, 0.1) is 0 Å². The maximum absolute atomic E-state index is 13.4. The molecule has 2 aliphatic rings. The third kappa shape index (κ3) is 4.04. The molecule has 164 valence electrons. The quantitative estimate of drug-likeness (QED) is 0.747. The van der Waals surface area contributed by atoms with Crippen LogP contribution in [-0.4, -0.2) is 31.7 Å². The van der Waals surface area contributed by atoms with Crippen molar-refractivity contribution >= 4 is 17.6 Å². The molecule has 1 fully saturated rings. The van der Waals surface area contributed by atoms with Gasteiger partial charge in [-0.2, -0.15) is 13.2 Å². The molecule has 1 N–H and O–H groups in total. The number of carbonyl (C=O) groups excluding carboxylic acids is 2. The number of piperidine rings is 1. The fraction of sp³-hybridized carbons (Fsp3) is 0.391. The van der Waals surface area contributed by atoms with Crippen molar-refractivity contribution in [2.24, 2.45) is 0 Å². The molecule has 2 aromatic rings. The molecule has 0 aromatic heterocycles. The lowest BCUT2D eigenvalue weighted by molar-refractivity contribution is -0.142. The van der Waals surface area contributed by atoms with Gasteiger partial charge in [-0.1, -0.05) is 24.3 Å². The number of hydrogen-bond acceptors (Lipinski definition) is 4. The third-order valence-electron chi connectivity index (χ3n) is 6.07. The van der Waals surface area contributed by atoms with Gasteiger partial charge in [-0.05, 0) is 67.2 Å². The number of halogens is 3. The summed E-state index contributed by atoms with van der Waals surface area (Å²) in [7, 11) is 0. The number of amides is 1. The van der Waals surface area contributed by atoms with Crippen molar-refractivity contribution in [1.29, 1.82) is 0 Å².